The van der Waals surface area contributed by atoms with Crippen LogP contribution in [0.4, 0.5) is 0 Å². The van der Waals surface area contributed by atoms with Gasteiger partial charge in [-0.25, -0.2) is 5.43 Å². The molecule has 1 N–H and O–H groups in total. The van der Waals surface area contributed by atoms with Gasteiger partial charge in [-0.2, -0.15) is 5.10 Å². The van der Waals surface area contributed by atoms with Gasteiger partial charge >= 0.3 is 0 Å². The molecule has 0 radical (unpaired) electrons. The number of hydrogen-bond donors (Lipinski definition) is 1. The van der Waals surface area contributed by atoms with Crippen LogP contribution in [0, 0.1) is 6.92 Å². The molecule has 0 saturated carbocycles. The summed E-state index contributed by atoms with van der Waals surface area (Å²) in [7, 11) is 0. The van der Waals surface area contributed by atoms with E-state index < -0.39 is 0 Å². The molecule has 8 nitrogen and oxygen atoms in total. The lowest BCUT2D eigenvalue weighted by molar-refractivity contribution is -0.118. The summed E-state index contributed by atoms with van der Waals surface area (Å²) >= 11 is 1.29. The van der Waals surface area contributed by atoms with Crippen LogP contribution in [0.5, 0.6) is 0 Å². The van der Waals surface area contributed by atoms with Crippen molar-refractivity contribution in [3.63, 3.8) is 0 Å². The molecule has 0 unspecified atom stereocenters. The molecule has 0 saturated heterocycles. The molecule has 0 atom stereocenters. The Morgan fingerprint density at radius 1 is 1.16 bits per heavy atom. The van der Waals surface area contributed by atoms with Gasteiger partial charge in [0.2, 0.25) is 0 Å². The van der Waals surface area contributed by atoms with E-state index >= 15 is 0 Å². The number of nitrogens with one attached hydrogen (secondary N) is 1. The standard InChI is InChI=1S/C23H20N6O2S/c1-17-6-8-19(9-7-17)29-22(18-10-13-24-14-11-18)27-28-23(29)32-16-21(30)26-25-12-2-4-20-5-3-15-31-20/h2-15H,16H2,1H3,(H,26,30)/b4-2+,25-12-. The first kappa shape index (κ1) is 21.3. The van der Waals surface area contributed by atoms with Gasteiger partial charge in [0.05, 0.1) is 12.0 Å². The number of nitrogens with zero attached hydrogens (tertiary/aromatic N) is 5. The van der Waals surface area contributed by atoms with Crippen LogP contribution < -0.4 is 5.43 Å². The first-order valence-electron chi connectivity index (χ1n) is 9.78. The minimum atomic E-state index is -0.249. The molecule has 4 rings (SSSR count). The van der Waals surface area contributed by atoms with Crippen molar-refractivity contribution in [1.82, 2.24) is 25.2 Å². The molecule has 0 aliphatic carbocycles. The zero-order valence-corrected chi connectivity index (χ0v) is 18.1. The zero-order chi connectivity index (χ0) is 22.2. The van der Waals surface area contributed by atoms with E-state index in [-0.39, 0.29) is 11.7 Å². The highest BCUT2D eigenvalue weighted by molar-refractivity contribution is 7.99. The summed E-state index contributed by atoms with van der Waals surface area (Å²) in [5.74, 6) is 1.28. The van der Waals surface area contributed by atoms with E-state index in [1.54, 1.807) is 36.9 Å². The molecule has 32 heavy (non-hydrogen) atoms. The Kier molecular flexibility index (Phi) is 6.88. The van der Waals surface area contributed by atoms with Gasteiger partial charge in [-0.1, -0.05) is 29.5 Å². The van der Waals surface area contributed by atoms with Crippen LogP contribution in [0.1, 0.15) is 11.3 Å². The van der Waals surface area contributed by atoms with Crippen molar-refractivity contribution in [2.24, 2.45) is 5.10 Å². The zero-order valence-electron chi connectivity index (χ0n) is 17.3. The Morgan fingerprint density at radius 2 is 1.97 bits per heavy atom. The number of carbonyl (C=O) groups is 1. The Balaban J connectivity index is 1.45. The lowest BCUT2D eigenvalue weighted by Crippen LogP contribution is -2.19. The summed E-state index contributed by atoms with van der Waals surface area (Å²) in [5.41, 5.74) is 5.45. The summed E-state index contributed by atoms with van der Waals surface area (Å²) in [6, 6.07) is 15.4. The van der Waals surface area contributed by atoms with Gasteiger partial charge in [0, 0.05) is 29.9 Å². The van der Waals surface area contributed by atoms with Crippen molar-refractivity contribution >= 4 is 30.0 Å². The number of hydrazone groups is 1. The number of amides is 1. The number of benzene rings is 1. The predicted molar refractivity (Wildman–Crippen MR) is 124 cm³/mol. The summed E-state index contributed by atoms with van der Waals surface area (Å²) in [4.78, 5) is 16.3. The fourth-order valence-corrected chi connectivity index (χ4v) is 3.56. The maximum atomic E-state index is 12.2. The SMILES string of the molecule is Cc1ccc(-n2c(SCC(=O)N/N=C\C=C\c3ccco3)nnc2-c2ccncc2)cc1. The summed E-state index contributed by atoms with van der Waals surface area (Å²) in [5, 5.41) is 13.2. The first-order chi connectivity index (χ1) is 15.7. The minimum Gasteiger partial charge on any atom is -0.465 e. The maximum absolute atomic E-state index is 12.2. The lowest BCUT2D eigenvalue weighted by Gasteiger charge is -2.10. The fourth-order valence-electron chi connectivity index (χ4n) is 2.82. The average molecular weight is 445 g/mol. The Morgan fingerprint density at radius 3 is 2.72 bits per heavy atom. The van der Waals surface area contributed by atoms with Gasteiger partial charge in [-0.15, -0.1) is 10.2 Å². The third-order valence-corrected chi connectivity index (χ3v) is 5.28. The highest BCUT2D eigenvalue weighted by Gasteiger charge is 2.17. The van der Waals surface area contributed by atoms with Gasteiger partial charge in [0.15, 0.2) is 11.0 Å². The number of pyridine rings is 1. The van der Waals surface area contributed by atoms with Gasteiger partial charge in [-0.05, 0) is 55.5 Å². The normalized spacial score (nSPS) is 11.4. The number of allylic oxidation sites excluding steroid dienone is 1. The van der Waals surface area contributed by atoms with E-state index in [1.807, 2.05) is 54.0 Å². The number of thioether (sulfide) groups is 1. The minimum absolute atomic E-state index is 0.138. The van der Waals surface area contributed by atoms with Gasteiger partial charge in [0.25, 0.3) is 5.91 Å². The van der Waals surface area contributed by atoms with E-state index in [9.17, 15) is 4.79 Å². The molecule has 3 heterocycles. The second-order valence-electron chi connectivity index (χ2n) is 6.69. The monoisotopic (exact) mass is 444 g/mol. The van der Waals surface area contributed by atoms with Crippen LogP contribution in [0.15, 0.2) is 87.9 Å². The molecule has 0 spiro atoms. The van der Waals surface area contributed by atoms with E-state index in [0.717, 1.165) is 16.8 Å². The number of rotatable bonds is 8. The molecule has 0 aliphatic rings. The van der Waals surface area contributed by atoms with Crippen LogP contribution in [0.25, 0.3) is 23.2 Å². The van der Waals surface area contributed by atoms with Crippen LogP contribution in [-0.2, 0) is 4.79 Å². The quantitative estimate of drug-likeness (QED) is 0.249. The topological polar surface area (TPSA) is 98.2 Å². The third-order valence-electron chi connectivity index (χ3n) is 4.35. The molecule has 4 aromatic rings. The third kappa shape index (κ3) is 5.38. The number of furan rings is 1. The van der Waals surface area contributed by atoms with E-state index in [1.165, 1.54) is 18.0 Å². The Labute approximate surface area is 189 Å². The van der Waals surface area contributed by atoms with E-state index in [4.69, 9.17) is 4.42 Å². The second kappa shape index (κ2) is 10.4. The molecule has 0 fully saturated rings. The van der Waals surface area contributed by atoms with Crippen molar-refractivity contribution in [2.45, 2.75) is 12.1 Å². The Bertz CT molecular complexity index is 1220. The molecule has 1 aromatic carbocycles. The van der Waals surface area contributed by atoms with Crippen LogP contribution in [0.2, 0.25) is 0 Å². The average Bonchev–Trinajstić information content (AvgIpc) is 3.49. The largest absolute Gasteiger partial charge is 0.465 e. The summed E-state index contributed by atoms with van der Waals surface area (Å²) in [6.07, 6.45) is 9.92. The molecular formula is C23H20N6O2S. The maximum Gasteiger partial charge on any atom is 0.250 e. The molecule has 9 heteroatoms. The second-order valence-corrected chi connectivity index (χ2v) is 7.63. The van der Waals surface area contributed by atoms with Crippen molar-refractivity contribution in [3.8, 4) is 17.1 Å². The van der Waals surface area contributed by atoms with E-state index in [0.29, 0.717) is 16.7 Å². The summed E-state index contributed by atoms with van der Waals surface area (Å²) < 4.78 is 7.11. The molecule has 3 aromatic heterocycles. The number of aryl methyl sites for hydroxylation is 1. The molecule has 1 amide bonds. The molecule has 0 bridgehead atoms. The highest BCUT2D eigenvalue weighted by Crippen LogP contribution is 2.27. The Hall–Kier alpha value is -3.98. The number of aromatic nitrogens is 4. The van der Waals surface area contributed by atoms with Crippen LogP contribution in [-0.4, -0.2) is 37.6 Å². The fraction of sp³-hybridized carbons (Fsp3) is 0.0870. The summed E-state index contributed by atoms with van der Waals surface area (Å²) in [6.45, 7) is 2.03. The first-order valence-corrected chi connectivity index (χ1v) is 10.8. The van der Waals surface area contributed by atoms with Crippen molar-refractivity contribution in [1.29, 1.82) is 0 Å². The number of carbonyl (C=O) groups excluding carboxylic acids is 1. The molecule has 160 valence electrons. The van der Waals surface area contributed by atoms with Gasteiger partial charge in [0.1, 0.15) is 5.76 Å². The van der Waals surface area contributed by atoms with Crippen LogP contribution >= 0.6 is 11.8 Å². The van der Waals surface area contributed by atoms with E-state index in [2.05, 4.69) is 25.7 Å². The van der Waals surface area contributed by atoms with Crippen LogP contribution in [0.3, 0.4) is 0 Å². The molecule has 0 aliphatic heterocycles. The highest BCUT2D eigenvalue weighted by atomic mass is 32.2. The molecular weight excluding hydrogens is 424 g/mol. The van der Waals surface area contributed by atoms with Gasteiger partial charge < -0.3 is 4.42 Å². The van der Waals surface area contributed by atoms with Crippen molar-refractivity contribution < 1.29 is 9.21 Å². The van der Waals surface area contributed by atoms with Gasteiger partial charge in [-0.3, -0.25) is 14.3 Å². The van der Waals surface area contributed by atoms with Crippen molar-refractivity contribution in [3.05, 3.63) is 84.6 Å². The smallest absolute Gasteiger partial charge is 0.250 e. The lowest BCUT2D eigenvalue weighted by atomic mass is 10.2. The predicted octanol–water partition coefficient (Wildman–Crippen LogP) is 4.14. The number of hydrogen-bond acceptors (Lipinski definition) is 7. The van der Waals surface area contributed by atoms with Crippen molar-refractivity contribution in [2.75, 3.05) is 5.75 Å².